The van der Waals surface area contributed by atoms with E-state index < -0.39 is 0 Å². The monoisotopic (exact) mass is 257 g/mol. The molecular formula is C14H21ClFN. The Bertz CT molecular complexity index is 334. The van der Waals surface area contributed by atoms with Crippen LogP contribution in [0.4, 0.5) is 4.39 Å². The van der Waals surface area contributed by atoms with Gasteiger partial charge in [0.2, 0.25) is 0 Å². The number of hydrogen-bond donors (Lipinski definition) is 1. The standard InChI is InChI=1S/C14H21ClFN/c1-4-10(3)14(17-5-2)9-11-12(15)7-6-8-13(11)16/h6-8,10,14,17H,4-5,9H2,1-3H3. The van der Waals surface area contributed by atoms with E-state index >= 15 is 0 Å². The van der Waals surface area contributed by atoms with Crippen LogP contribution in [0.3, 0.4) is 0 Å². The van der Waals surface area contributed by atoms with Gasteiger partial charge in [-0.2, -0.15) is 0 Å². The normalized spacial score (nSPS) is 14.6. The van der Waals surface area contributed by atoms with Crippen molar-refractivity contribution in [1.29, 1.82) is 0 Å². The second-order valence-electron chi connectivity index (χ2n) is 4.45. The van der Waals surface area contributed by atoms with Gasteiger partial charge in [0.05, 0.1) is 0 Å². The van der Waals surface area contributed by atoms with Gasteiger partial charge < -0.3 is 5.32 Å². The smallest absolute Gasteiger partial charge is 0.127 e. The molecule has 0 spiro atoms. The van der Waals surface area contributed by atoms with E-state index in [1.807, 2.05) is 0 Å². The fraction of sp³-hybridized carbons (Fsp3) is 0.571. The van der Waals surface area contributed by atoms with Gasteiger partial charge >= 0.3 is 0 Å². The van der Waals surface area contributed by atoms with Crippen LogP contribution in [0.2, 0.25) is 5.02 Å². The number of rotatable bonds is 6. The van der Waals surface area contributed by atoms with Crippen molar-refractivity contribution in [1.82, 2.24) is 5.32 Å². The molecule has 1 rings (SSSR count). The maximum absolute atomic E-state index is 13.7. The molecular weight excluding hydrogens is 237 g/mol. The lowest BCUT2D eigenvalue weighted by Crippen LogP contribution is -2.36. The number of likely N-dealkylation sites (N-methyl/N-ethyl adjacent to an activating group) is 1. The Hall–Kier alpha value is -0.600. The molecule has 0 aromatic heterocycles. The number of halogens is 2. The van der Waals surface area contributed by atoms with Crippen LogP contribution < -0.4 is 5.32 Å². The van der Waals surface area contributed by atoms with Crippen LogP contribution in [-0.4, -0.2) is 12.6 Å². The second-order valence-corrected chi connectivity index (χ2v) is 4.86. The fourth-order valence-electron chi connectivity index (χ4n) is 1.97. The van der Waals surface area contributed by atoms with Crippen molar-refractivity contribution < 1.29 is 4.39 Å². The van der Waals surface area contributed by atoms with Crippen molar-refractivity contribution in [2.75, 3.05) is 6.54 Å². The average Bonchev–Trinajstić information content (AvgIpc) is 2.31. The van der Waals surface area contributed by atoms with E-state index in [1.165, 1.54) is 6.07 Å². The summed E-state index contributed by atoms with van der Waals surface area (Å²) in [6.07, 6.45) is 1.72. The molecule has 0 fully saturated rings. The Morgan fingerprint density at radius 1 is 1.35 bits per heavy atom. The number of hydrogen-bond acceptors (Lipinski definition) is 1. The topological polar surface area (TPSA) is 12.0 Å². The molecule has 0 saturated carbocycles. The highest BCUT2D eigenvalue weighted by molar-refractivity contribution is 6.31. The zero-order valence-electron chi connectivity index (χ0n) is 10.8. The van der Waals surface area contributed by atoms with Gasteiger partial charge in [-0.05, 0) is 31.0 Å². The summed E-state index contributed by atoms with van der Waals surface area (Å²) in [6.45, 7) is 7.29. The van der Waals surface area contributed by atoms with E-state index in [9.17, 15) is 4.39 Å². The van der Waals surface area contributed by atoms with Gasteiger partial charge in [-0.1, -0.05) is 44.9 Å². The van der Waals surface area contributed by atoms with E-state index in [-0.39, 0.29) is 11.9 Å². The maximum atomic E-state index is 13.7. The zero-order chi connectivity index (χ0) is 12.8. The predicted molar refractivity (Wildman–Crippen MR) is 72.0 cm³/mol. The Labute approximate surface area is 108 Å². The van der Waals surface area contributed by atoms with Crippen LogP contribution in [0.25, 0.3) is 0 Å². The Morgan fingerprint density at radius 2 is 2.06 bits per heavy atom. The summed E-state index contributed by atoms with van der Waals surface area (Å²) >= 11 is 6.05. The Kier molecular flexibility index (Phi) is 5.93. The summed E-state index contributed by atoms with van der Waals surface area (Å²) in [4.78, 5) is 0. The molecule has 1 aromatic carbocycles. The lowest BCUT2D eigenvalue weighted by Gasteiger charge is -2.24. The number of nitrogens with one attached hydrogen (secondary N) is 1. The molecule has 96 valence electrons. The molecule has 17 heavy (non-hydrogen) atoms. The van der Waals surface area contributed by atoms with Gasteiger partial charge in [0.25, 0.3) is 0 Å². The van der Waals surface area contributed by atoms with Crippen molar-refractivity contribution in [2.45, 2.75) is 39.7 Å². The van der Waals surface area contributed by atoms with Crippen LogP contribution in [0.1, 0.15) is 32.8 Å². The molecule has 1 aromatic rings. The molecule has 2 unspecified atom stereocenters. The van der Waals surface area contributed by atoms with Crippen LogP contribution in [0.5, 0.6) is 0 Å². The first kappa shape index (κ1) is 14.5. The van der Waals surface area contributed by atoms with Crippen LogP contribution in [0.15, 0.2) is 18.2 Å². The fourth-order valence-corrected chi connectivity index (χ4v) is 2.21. The molecule has 0 heterocycles. The summed E-state index contributed by atoms with van der Waals surface area (Å²) in [5.74, 6) is 0.300. The van der Waals surface area contributed by atoms with E-state index in [2.05, 4.69) is 26.1 Å². The van der Waals surface area contributed by atoms with Crippen molar-refractivity contribution in [3.63, 3.8) is 0 Å². The first-order valence-corrected chi connectivity index (χ1v) is 6.64. The second kappa shape index (κ2) is 6.97. The molecule has 0 bridgehead atoms. The highest BCUT2D eigenvalue weighted by Crippen LogP contribution is 2.23. The molecule has 1 N–H and O–H groups in total. The molecule has 3 heteroatoms. The lowest BCUT2D eigenvalue weighted by atomic mass is 9.92. The highest BCUT2D eigenvalue weighted by Gasteiger charge is 2.18. The summed E-state index contributed by atoms with van der Waals surface area (Å²) in [5, 5.41) is 3.94. The van der Waals surface area contributed by atoms with E-state index in [0.29, 0.717) is 22.9 Å². The highest BCUT2D eigenvalue weighted by atomic mass is 35.5. The van der Waals surface area contributed by atoms with Crippen molar-refractivity contribution in [3.8, 4) is 0 Å². The third-order valence-electron chi connectivity index (χ3n) is 3.28. The van der Waals surface area contributed by atoms with Gasteiger partial charge in [-0.25, -0.2) is 4.39 Å². The average molecular weight is 258 g/mol. The predicted octanol–water partition coefficient (Wildman–Crippen LogP) is 4.05. The molecule has 0 saturated heterocycles. The van der Waals surface area contributed by atoms with Crippen LogP contribution in [-0.2, 0) is 6.42 Å². The third kappa shape index (κ3) is 3.97. The quantitative estimate of drug-likeness (QED) is 0.811. The molecule has 0 radical (unpaired) electrons. The molecule has 0 aliphatic heterocycles. The minimum Gasteiger partial charge on any atom is -0.314 e. The molecule has 0 aliphatic rings. The van der Waals surface area contributed by atoms with Crippen molar-refractivity contribution in [3.05, 3.63) is 34.6 Å². The van der Waals surface area contributed by atoms with Crippen LogP contribution >= 0.6 is 11.6 Å². The Balaban J connectivity index is 2.85. The van der Waals surface area contributed by atoms with Crippen molar-refractivity contribution in [2.24, 2.45) is 5.92 Å². The molecule has 0 amide bonds. The largest absolute Gasteiger partial charge is 0.314 e. The van der Waals surface area contributed by atoms with Gasteiger partial charge in [0.1, 0.15) is 5.82 Å². The van der Waals surface area contributed by atoms with Crippen LogP contribution in [0, 0.1) is 11.7 Å². The Morgan fingerprint density at radius 3 is 2.59 bits per heavy atom. The first-order chi connectivity index (χ1) is 8.10. The van der Waals surface area contributed by atoms with Crippen molar-refractivity contribution >= 4 is 11.6 Å². The third-order valence-corrected chi connectivity index (χ3v) is 3.64. The van der Waals surface area contributed by atoms with Gasteiger partial charge in [0, 0.05) is 16.6 Å². The minimum absolute atomic E-state index is 0.205. The van der Waals surface area contributed by atoms with Gasteiger partial charge in [-0.15, -0.1) is 0 Å². The molecule has 0 aliphatic carbocycles. The zero-order valence-corrected chi connectivity index (χ0v) is 11.5. The maximum Gasteiger partial charge on any atom is 0.127 e. The molecule has 2 atom stereocenters. The van der Waals surface area contributed by atoms with Gasteiger partial charge in [0.15, 0.2) is 0 Å². The molecule has 1 nitrogen and oxygen atoms in total. The SMILES string of the molecule is CCNC(Cc1c(F)cccc1Cl)C(C)CC. The minimum atomic E-state index is -0.205. The summed E-state index contributed by atoms with van der Waals surface area (Å²) in [5.41, 5.74) is 0.625. The summed E-state index contributed by atoms with van der Waals surface area (Å²) < 4.78 is 13.7. The van der Waals surface area contributed by atoms with E-state index in [0.717, 1.165) is 13.0 Å². The summed E-state index contributed by atoms with van der Waals surface area (Å²) in [6, 6.07) is 5.15. The number of benzene rings is 1. The van der Waals surface area contributed by atoms with Gasteiger partial charge in [-0.3, -0.25) is 0 Å². The van der Waals surface area contributed by atoms with E-state index in [1.54, 1.807) is 12.1 Å². The lowest BCUT2D eigenvalue weighted by molar-refractivity contribution is 0.367. The first-order valence-electron chi connectivity index (χ1n) is 6.26. The summed E-state index contributed by atoms with van der Waals surface area (Å²) in [7, 11) is 0. The van der Waals surface area contributed by atoms with E-state index in [4.69, 9.17) is 11.6 Å².